The predicted molar refractivity (Wildman–Crippen MR) is 87.4 cm³/mol. The Morgan fingerprint density at radius 3 is 2.50 bits per heavy atom. The third-order valence-corrected chi connectivity index (χ3v) is 4.27. The molecule has 1 aromatic carbocycles. The standard InChI is InChI=1S/C17H29N3/c1-14-12-15(6-9-18)4-5-17(14)20-10-7-16(8-11-20)13-19(2)3/h4-5,12,16H,6-11,13,18H2,1-3H3. The summed E-state index contributed by atoms with van der Waals surface area (Å²) in [6, 6.07) is 6.82. The van der Waals surface area contributed by atoms with Crippen LogP contribution in [-0.2, 0) is 6.42 Å². The molecular formula is C17H29N3. The molecule has 0 bridgehead atoms. The second kappa shape index (κ2) is 7.09. The Bertz CT molecular complexity index is 420. The van der Waals surface area contributed by atoms with Crippen molar-refractivity contribution in [2.24, 2.45) is 11.7 Å². The van der Waals surface area contributed by atoms with E-state index >= 15 is 0 Å². The van der Waals surface area contributed by atoms with Crippen molar-refractivity contribution in [3.05, 3.63) is 29.3 Å². The monoisotopic (exact) mass is 275 g/mol. The average Bonchev–Trinajstić information content (AvgIpc) is 2.40. The van der Waals surface area contributed by atoms with Gasteiger partial charge in [-0.15, -0.1) is 0 Å². The minimum Gasteiger partial charge on any atom is -0.371 e. The molecule has 1 fully saturated rings. The lowest BCUT2D eigenvalue weighted by atomic mass is 9.95. The Labute approximate surface area is 123 Å². The molecule has 1 saturated heterocycles. The molecule has 0 spiro atoms. The lowest BCUT2D eigenvalue weighted by Crippen LogP contribution is -2.37. The summed E-state index contributed by atoms with van der Waals surface area (Å²) in [5.41, 5.74) is 9.79. The van der Waals surface area contributed by atoms with Gasteiger partial charge < -0.3 is 15.5 Å². The number of benzene rings is 1. The first-order valence-electron chi connectivity index (χ1n) is 7.79. The highest BCUT2D eigenvalue weighted by Crippen LogP contribution is 2.27. The average molecular weight is 275 g/mol. The van der Waals surface area contributed by atoms with Crippen LogP contribution in [0, 0.1) is 12.8 Å². The van der Waals surface area contributed by atoms with E-state index in [1.807, 2.05) is 0 Å². The first-order chi connectivity index (χ1) is 9.60. The highest BCUT2D eigenvalue weighted by atomic mass is 15.1. The number of hydrogen-bond acceptors (Lipinski definition) is 3. The fourth-order valence-corrected chi connectivity index (χ4v) is 3.27. The van der Waals surface area contributed by atoms with Crippen molar-refractivity contribution in [1.82, 2.24) is 4.90 Å². The maximum atomic E-state index is 5.63. The van der Waals surface area contributed by atoms with Gasteiger partial charge in [-0.3, -0.25) is 0 Å². The van der Waals surface area contributed by atoms with E-state index in [-0.39, 0.29) is 0 Å². The summed E-state index contributed by atoms with van der Waals surface area (Å²) in [5.74, 6) is 0.859. The zero-order valence-corrected chi connectivity index (χ0v) is 13.2. The zero-order valence-electron chi connectivity index (χ0n) is 13.2. The van der Waals surface area contributed by atoms with E-state index < -0.39 is 0 Å². The molecule has 1 heterocycles. The molecule has 0 amide bonds. The van der Waals surface area contributed by atoms with Crippen LogP contribution in [0.3, 0.4) is 0 Å². The molecule has 0 aromatic heterocycles. The van der Waals surface area contributed by atoms with Gasteiger partial charge in [0.05, 0.1) is 0 Å². The Kier molecular flexibility index (Phi) is 5.44. The molecule has 2 N–H and O–H groups in total. The minimum absolute atomic E-state index is 0.731. The number of rotatable bonds is 5. The molecule has 0 unspecified atom stereocenters. The quantitative estimate of drug-likeness (QED) is 0.895. The highest BCUT2D eigenvalue weighted by Gasteiger charge is 2.20. The maximum absolute atomic E-state index is 5.63. The third-order valence-electron chi connectivity index (χ3n) is 4.27. The van der Waals surface area contributed by atoms with Gasteiger partial charge in [-0.25, -0.2) is 0 Å². The number of aryl methyl sites for hydroxylation is 1. The zero-order chi connectivity index (χ0) is 14.5. The van der Waals surface area contributed by atoms with Crippen LogP contribution in [0.5, 0.6) is 0 Å². The summed E-state index contributed by atoms with van der Waals surface area (Å²) >= 11 is 0. The number of anilines is 1. The first-order valence-corrected chi connectivity index (χ1v) is 7.79. The van der Waals surface area contributed by atoms with Crippen LogP contribution < -0.4 is 10.6 Å². The largest absolute Gasteiger partial charge is 0.371 e. The number of nitrogens with zero attached hydrogens (tertiary/aromatic N) is 2. The molecule has 0 atom stereocenters. The number of hydrogen-bond donors (Lipinski definition) is 1. The fraction of sp³-hybridized carbons (Fsp3) is 0.647. The fourth-order valence-electron chi connectivity index (χ4n) is 3.27. The van der Waals surface area contributed by atoms with Gasteiger partial charge in [-0.05, 0) is 69.9 Å². The van der Waals surface area contributed by atoms with Gasteiger partial charge in [-0.2, -0.15) is 0 Å². The normalized spacial score (nSPS) is 16.9. The van der Waals surface area contributed by atoms with E-state index in [1.54, 1.807) is 0 Å². The molecule has 20 heavy (non-hydrogen) atoms. The van der Waals surface area contributed by atoms with Gasteiger partial charge >= 0.3 is 0 Å². The van der Waals surface area contributed by atoms with Crippen molar-refractivity contribution < 1.29 is 0 Å². The van der Waals surface area contributed by atoms with Crippen LogP contribution >= 0.6 is 0 Å². The lowest BCUT2D eigenvalue weighted by Gasteiger charge is -2.35. The first kappa shape index (κ1) is 15.3. The SMILES string of the molecule is Cc1cc(CCN)ccc1N1CCC(CN(C)C)CC1. The van der Waals surface area contributed by atoms with Crippen molar-refractivity contribution in [1.29, 1.82) is 0 Å². The highest BCUT2D eigenvalue weighted by molar-refractivity contribution is 5.54. The predicted octanol–water partition coefficient (Wildman–Crippen LogP) is 2.27. The second-order valence-electron chi connectivity index (χ2n) is 6.35. The second-order valence-corrected chi connectivity index (χ2v) is 6.35. The summed E-state index contributed by atoms with van der Waals surface area (Å²) < 4.78 is 0. The van der Waals surface area contributed by atoms with Crippen molar-refractivity contribution >= 4 is 5.69 Å². The number of nitrogens with two attached hydrogens (primary N) is 1. The van der Waals surface area contributed by atoms with E-state index in [0.29, 0.717) is 0 Å². The Balaban J connectivity index is 1.96. The summed E-state index contributed by atoms with van der Waals surface area (Å²) in [7, 11) is 4.35. The summed E-state index contributed by atoms with van der Waals surface area (Å²) in [6.07, 6.45) is 3.59. The van der Waals surface area contributed by atoms with Gasteiger partial charge in [0.15, 0.2) is 0 Å². The van der Waals surface area contributed by atoms with Crippen LogP contribution in [0.4, 0.5) is 5.69 Å². The Morgan fingerprint density at radius 2 is 1.95 bits per heavy atom. The van der Waals surface area contributed by atoms with Crippen molar-refractivity contribution in [2.75, 3.05) is 45.2 Å². The molecule has 0 saturated carbocycles. The molecule has 112 valence electrons. The molecule has 1 aromatic rings. The number of piperidine rings is 1. The van der Waals surface area contributed by atoms with Crippen LogP contribution in [0.25, 0.3) is 0 Å². The molecule has 0 radical (unpaired) electrons. The molecule has 0 aliphatic carbocycles. The molecule has 1 aliphatic rings. The molecular weight excluding hydrogens is 246 g/mol. The molecule has 3 nitrogen and oxygen atoms in total. The van der Waals surface area contributed by atoms with Crippen LogP contribution in [-0.4, -0.2) is 45.2 Å². The van der Waals surface area contributed by atoms with E-state index in [0.717, 1.165) is 18.9 Å². The van der Waals surface area contributed by atoms with E-state index in [1.165, 1.54) is 49.3 Å². The van der Waals surface area contributed by atoms with Crippen LogP contribution in [0.15, 0.2) is 18.2 Å². The van der Waals surface area contributed by atoms with Gasteiger partial charge in [0.1, 0.15) is 0 Å². The topological polar surface area (TPSA) is 32.5 Å². The Hall–Kier alpha value is -1.06. The van der Waals surface area contributed by atoms with Crippen molar-refractivity contribution in [3.63, 3.8) is 0 Å². The van der Waals surface area contributed by atoms with E-state index in [9.17, 15) is 0 Å². The van der Waals surface area contributed by atoms with E-state index in [2.05, 4.69) is 49.0 Å². The van der Waals surface area contributed by atoms with Gasteiger partial charge in [0.2, 0.25) is 0 Å². The summed E-state index contributed by atoms with van der Waals surface area (Å²) in [5, 5.41) is 0. The summed E-state index contributed by atoms with van der Waals surface area (Å²) in [4.78, 5) is 4.86. The molecule has 1 aliphatic heterocycles. The minimum atomic E-state index is 0.731. The van der Waals surface area contributed by atoms with Crippen molar-refractivity contribution in [2.45, 2.75) is 26.2 Å². The van der Waals surface area contributed by atoms with Crippen molar-refractivity contribution in [3.8, 4) is 0 Å². The Morgan fingerprint density at radius 1 is 1.25 bits per heavy atom. The summed E-state index contributed by atoms with van der Waals surface area (Å²) in [6.45, 7) is 6.56. The van der Waals surface area contributed by atoms with Gasteiger partial charge in [-0.1, -0.05) is 12.1 Å². The third kappa shape index (κ3) is 3.97. The van der Waals surface area contributed by atoms with Crippen LogP contribution in [0.1, 0.15) is 24.0 Å². The smallest absolute Gasteiger partial charge is 0.0396 e. The molecule has 3 heteroatoms. The maximum Gasteiger partial charge on any atom is 0.0396 e. The lowest BCUT2D eigenvalue weighted by molar-refractivity contribution is 0.285. The molecule has 2 rings (SSSR count). The van der Waals surface area contributed by atoms with E-state index in [4.69, 9.17) is 5.73 Å². The van der Waals surface area contributed by atoms with Crippen LogP contribution in [0.2, 0.25) is 0 Å². The van der Waals surface area contributed by atoms with Gasteiger partial charge in [0.25, 0.3) is 0 Å². The van der Waals surface area contributed by atoms with Gasteiger partial charge in [0, 0.05) is 25.3 Å².